The van der Waals surface area contributed by atoms with Crippen molar-refractivity contribution in [3.63, 3.8) is 0 Å². The molecule has 0 unspecified atom stereocenters. The standard InChI is InChI=1S/C14H22N2O3/c1-4-12-13(10(2)15-19-12)14(17)16(3)9-11-7-5-6-8-18-11/h11H,4-9H2,1-3H3/t11-/m1/s1. The number of amides is 1. The number of aryl methyl sites for hydroxylation is 2. The monoisotopic (exact) mass is 266 g/mol. The second-order valence-corrected chi connectivity index (χ2v) is 5.09. The molecule has 0 radical (unpaired) electrons. The van der Waals surface area contributed by atoms with E-state index < -0.39 is 0 Å². The predicted octanol–water partition coefficient (Wildman–Crippen LogP) is 2.19. The number of hydrogen-bond acceptors (Lipinski definition) is 4. The Morgan fingerprint density at radius 1 is 1.47 bits per heavy atom. The number of rotatable bonds is 4. The van der Waals surface area contributed by atoms with E-state index in [2.05, 4.69) is 5.16 Å². The van der Waals surface area contributed by atoms with Gasteiger partial charge in [0.05, 0.1) is 11.8 Å². The Kier molecular flexibility index (Phi) is 4.58. The molecule has 1 aromatic heterocycles. The average molecular weight is 266 g/mol. The lowest BCUT2D eigenvalue weighted by molar-refractivity contribution is -0.000240. The van der Waals surface area contributed by atoms with Crippen molar-refractivity contribution >= 4 is 5.91 Å². The summed E-state index contributed by atoms with van der Waals surface area (Å²) in [5, 5.41) is 3.88. The summed E-state index contributed by atoms with van der Waals surface area (Å²) in [6, 6.07) is 0. The van der Waals surface area contributed by atoms with E-state index in [1.165, 1.54) is 6.42 Å². The molecule has 0 bridgehead atoms. The Labute approximate surface area is 113 Å². The number of nitrogens with zero attached hydrogens (tertiary/aromatic N) is 2. The fourth-order valence-electron chi connectivity index (χ4n) is 2.46. The maximum Gasteiger partial charge on any atom is 0.259 e. The van der Waals surface area contributed by atoms with Gasteiger partial charge in [-0.2, -0.15) is 0 Å². The molecule has 0 spiro atoms. The molecule has 1 amide bonds. The summed E-state index contributed by atoms with van der Waals surface area (Å²) in [6.07, 6.45) is 4.17. The van der Waals surface area contributed by atoms with Crippen LogP contribution in [0.15, 0.2) is 4.52 Å². The lowest BCUT2D eigenvalue weighted by atomic mass is 10.1. The van der Waals surface area contributed by atoms with E-state index in [0.717, 1.165) is 19.4 Å². The van der Waals surface area contributed by atoms with Gasteiger partial charge in [0.15, 0.2) is 0 Å². The van der Waals surface area contributed by atoms with Gasteiger partial charge in [-0.1, -0.05) is 12.1 Å². The minimum Gasteiger partial charge on any atom is -0.376 e. The van der Waals surface area contributed by atoms with Crippen LogP contribution in [-0.2, 0) is 11.2 Å². The first-order valence-corrected chi connectivity index (χ1v) is 6.95. The van der Waals surface area contributed by atoms with Crippen LogP contribution in [-0.4, -0.2) is 42.3 Å². The highest BCUT2D eigenvalue weighted by Gasteiger charge is 2.25. The molecular formula is C14H22N2O3. The van der Waals surface area contributed by atoms with Gasteiger partial charge in [0.1, 0.15) is 11.3 Å². The van der Waals surface area contributed by atoms with Gasteiger partial charge in [-0.15, -0.1) is 0 Å². The van der Waals surface area contributed by atoms with Crippen molar-refractivity contribution in [2.75, 3.05) is 20.2 Å². The molecule has 5 heteroatoms. The minimum absolute atomic E-state index is 0.0234. The van der Waals surface area contributed by atoms with Gasteiger partial charge in [-0.3, -0.25) is 4.79 Å². The van der Waals surface area contributed by atoms with Crippen molar-refractivity contribution in [2.45, 2.75) is 45.6 Å². The summed E-state index contributed by atoms with van der Waals surface area (Å²) in [7, 11) is 1.81. The third kappa shape index (κ3) is 3.15. The Hall–Kier alpha value is -1.36. The summed E-state index contributed by atoms with van der Waals surface area (Å²) in [6.45, 7) is 5.20. The zero-order valence-electron chi connectivity index (χ0n) is 11.9. The molecule has 2 heterocycles. The molecule has 1 fully saturated rings. The number of aromatic nitrogens is 1. The Morgan fingerprint density at radius 2 is 2.26 bits per heavy atom. The van der Waals surface area contributed by atoms with Crippen LogP contribution in [0.4, 0.5) is 0 Å². The number of ether oxygens (including phenoxy) is 1. The third-order valence-electron chi connectivity index (χ3n) is 3.57. The van der Waals surface area contributed by atoms with E-state index in [9.17, 15) is 4.79 Å². The quantitative estimate of drug-likeness (QED) is 0.838. The first-order chi connectivity index (χ1) is 9.13. The molecule has 1 saturated heterocycles. The number of likely N-dealkylation sites (N-methyl/N-ethyl adjacent to an activating group) is 1. The first kappa shape index (κ1) is 14.1. The van der Waals surface area contributed by atoms with Crippen molar-refractivity contribution < 1.29 is 14.1 Å². The lowest BCUT2D eigenvalue weighted by Gasteiger charge is -2.27. The Morgan fingerprint density at radius 3 is 2.89 bits per heavy atom. The fraction of sp³-hybridized carbons (Fsp3) is 0.714. The Bertz CT molecular complexity index is 436. The minimum atomic E-state index is -0.0234. The van der Waals surface area contributed by atoms with Gasteiger partial charge in [-0.05, 0) is 26.2 Å². The van der Waals surface area contributed by atoms with Crippen molar-refractivity contribution in [1.82, 2.24) is 10.1 Å². The normalized spacial score (nSPS) is 19.4. The number of carbonyl (C=O) groups is 1. The molecule has 1 atom stereocenters. The molecular weight excluding hydrogens is 244 g/mol. The van der Waals surface area contributed by atoms with Crippen molar-refractivity contribution in [3.05, 3.63) is 17.0 Å². The van der Waals surface area contributed by atoms with Crippen LogP contribution in [0.1, 0.15) is 48.0 Å². The van der Waals surface area contributed by atoms with Gasteiger partial charge >= 0.3 is 0 Å². The predicted molar refractivity (Wildman–Crippen MR) is 71.2 cm³/mol. The van der Waals surface area contributed by atoms with Crippen molar-refractivity contribution in [3.8, 4) is 0 Å². The van der Waals surface area contributed by atoms with E-state index >= 15 is 0 Å². The molecule has 0 saturated carbocycles. The fourth-order valence-corrected chi connectivity index (χ4v) is 2.46. The van der Waals surface area contributed by atoms with Crippen LogP contribution in [0.3, 0.4) is 0 Å². The first-order valence-electron chi connectivity index (χ1n) is 6.95. The summed E-state index contributed by atoms with van der Waals surface area (Å²) in [4.78, 5) is 14.2. The van der Waals surface area contributed by atoms with Gasteiger partial charge in [0.25, 0.3) is 5.91 Å². The van der Waals surface area contributed by atoms with Crippen molar-refractivity contribution in [2.24, 2.45) is 0 Å². The molecule has 0 aliphatic carbocycles. The molecule has 5 nitrogen and oxygen atoms in total. The van der Waals surface area contributed by atoms with Crippen LogP contribution < -0.4 is 0 Å². The van der Waals surface area contributed by atoms with Gasteiger partial charge in [0, 0.05) is 26.6 Å². The molecule has 106 valence electrons. The van der Waals surface area contributed by atoms with E-state index in [1.807, 2.05) is 14.0 Å². The van der Waals surface area contributed by atoms with Gasteiger partial charge in [0.2, 0.25) is 0 Å². The largest absolute Gasteiger partial charge is 0.376 e. The summed E-state index contributed by atoms with van der Waals surface area (Å²) < 4.78 is 10.8. The number of carbonyl (C=O) groups excluding carboxylic acids is 1. The lowest BCUT2D eigenvalue weighted by Crippen LogP contribution is -2.37. The molecule has 1 aliphatic heterocycles. The second-order valence-electron chi connectivity index (χ2n) is 5.09. The van der Waals surface area contributed by atoms with E-state index in [-0.39, 0.29) is 12.0 Å². The summed E-state index contributed by atoms with van der Waals surface area (Å²) >= 11 is 0. The van der Waals surface area contributed by atoms with Crippen LogP contribution in [0.2, 0.25) is 0 Å². The van der Waals surface area contributed by atoms with E-state index in [4.69, 9.17) is 9.26 Å². The molecule has 0 N–H and O–H groups in total. The molecule has 19 heavy (non-hydrogen) atoms. The summed E-state index contributed by atoms with van der Waals surface area (Å²) in [5.74, 6) is 0.642. The molecule has 1 aliphatic rings. The highest BCUT2D eigenvalue weighted by atomic mass is 16.5. The topological polar surface area (TPSA) is 55.6 Å². The zero-order chi connectivity index (χ0) is 13.8. The Balaban J connectivity index is 2.03. The van der Waals surface area contributed by atoms with Gasteiger partial charge < -0.3 is 14.2 Å². The molecule has 2 rings (SSSR count). The van der Waals surface area contributed by atoms with Crippen LogP contribution in [0, 0.1) is 6.92 Å². The highest BCUT2D eigenvalue weighted by molar-refractivity contribution is 5.96. The molecule has 0 aromatic carbocycles. The van der Waals surface area contributed by atoms with Crippen LogP contribution >= 0.6 is 0 Å². The maximum atomic E-state index is 12.5. The highest BCUT2D eigenvalue weighted by Crippen LogP contribution is 2.18. The van der Waals surface area contributed by atoms with Crippen molar-refractivity contribution in [1.29, 1.82) is 0 Å². The van der Waals surface area contributed by atoms with Gasteiger partial charge in [-0.25, -0.2) is 0 Å². The van der Waals surface area contributed by atoms with E-state index in [1.54, 1.807) is 11.8 Å². The number of hydrogen-bond donors (Lipinski definition) is 0. The molecule has 1 aromatic rings. The van der Waals surface area contributed by atoms with E-state index in [0.29, 0.717) is 30.0 Å². The second kappa shape index (κ2) is 6.19. The maximum absolute atomic E-state index is 12.5. The smallest absolute Gasteiger partial charge is 0.259 e. The SMILES string of the molecule is CCc1onc(C)c1C(=O)N(C)C[C@H]1CCCCO1. The summed E-state index contributed by atoms with van der Waals surface area (Å²) in [5.41, 5.74) is 1.28. The zero-order valence-corrected chi connectivity index (χ0v) is 11.9. The van der Waals surface area contributed by atoms with Crippen LogP contribution in [0.25, 0.3) is 0 Å². The third-order valence-corrected chi connectivity index (χ3v) is 3.57. The van der Waals surface area contributed by atoms with Crippen LogP contribution in [0.5, 0.6) is 0 Å². The average Bonchev–Trinajstić information content (AvgIpc) is 2.80.